The minimum Gasteiger partial charge on any atom is -0.497 e. The summed E-state index contributed by atoms with van der Waals surface area (Å²) in [5.74, 6) is 0.832. The molecule has 3 nitrogen and oxygen atoms in total. The van der Waals surface area contributed by atoms with Gasteiger partial charge in [0.1, 0.15) is 5.75 Å². The normalized spacial score (nSPS) is 14.6. The third-order valence-corrected chi connectivity index (χ3v) is 3.17. The van der Waals surface area contributed by atoms with Crippen LogP contribution in [0.5, 0.6) is 5.75 Å². The molecule has 0 amide bonds. The molecular formula is C12H18BrNO2. The molecule has 0 aliphatic rings. The van der Waals surface area contributed by atoms with Crippen LogP contribution in [-0.4, -0.2) is 24.9 Å². The Bertz CT molecular complexity index is 344. The fourth-order valence-corrected chi connectivity index (χ4v) is 2.26. The van der Waals surface area contributed by atoms with E-state index in [-0.39, 0.29) is 18.7 Å². The van der Waals surface area contributed by atoms with Gasteiger partial charge in [0.15, 0.2) is 0 Å². The molecule has 2 N–H and O–H groups in total. The van der Waals surface area contributed by atoms with Crippen molar-refractivity contribution < 1.29 is 9.84 Å². The Balaban J connectivity index is 2.79. The number of benzene rings is 1. The number of hydrogen-bond acceptors (Lipinski definition) is 3. The first kappa shape index (κ1) is 13.5. The van der Waals surface area contributed by atoms with Crippen LogP contribution in [0.25, 0.3) is 0 Å². The lowest BCUT2D eigenvalue weighted by Gasteiger charge is -2.20. The summed E-state index contributed by atoms with van der Waals surface area (Å²) in [5, 5.41) is 12.3. The zero-order valence-corrected chi connectivity index (χ0v) is 11.4. The third kappa shape index (κ3) is 3.47. The predicted molar refractivity (Wildman–Crippen MR) is 68.8 cm³/mol. The van der Waals surface area contributed by atoms with Gasteiger partial charge in [-0.15, -0.1) is 0 Å². The van der Waals surface area contributed by atoms with Gasteiger partial charge in [-0.2, -0.15) is 0 Å². The fourth-order valence-electron chi connectivity index (χ4n) is 1.56. The number of methoxy groups -OCH3 is 1. The van der Waals surface area contributed by atoms with Crippen LogP contribution >= 0.6 is 15.9 Å². The second kappa shape index (κ2) is 6.23. The highest BCUT2D eigenvalue weighted by Crippen LogP contribution is 2.27. The van der Waals surface area contributed by atoms with Gasteiger partial charge >= 0.3 is 0 Å². The minimum atomic E-state index is 0.0870. The van der Waals surface area contributed by atoms with Gasteiger partial charge in [0.25, 0.3) is 0 Å². The fraction of sp³-hybridized carbons (Fsp3) is 0.500. The SMILES string of the molecule is COc1ccc([C@@H](C)N[C@@H](C)CO)c(Br)c1. The minimum absolute atomic E-state index is 0.0870. The maximum atomic E-state index is 8.99. The highest BCUT2D eigenvalue weighted by molar-refractivity contribution is 9.10. The number of ether oxygens (including phenoxy) is 1. The van der Waals surface area contributed by atoms with Crippen LogP contribution in [-0.2, 0) is 0 Å². The van der Waals surface area contributed by atoms with Gasteiger partial charge in [0.05, 0.1) is 13.7 Å². The van der Waals surface area contributed by atoms with Crippen molar-refractivity contribution in [3.63, 3.8) is 0 Å². The van der Waals surface area contributed by atoms with E-state index in [0.29, 0.717) is 0 Å². The van der Waals surface area contributed by atoms with Crippen molar-refractivity contribution in [3.05, 3.63) is 28.2 Å². The molecule has 0 saturated carbocycles. The van der Waals surface area contributed by atoms with Gasteiger partial charge in [-0.25, -0.2) is 0 Å². The number of hydrogen-bond donors (Lipinski definition) is 2. The van der Waals surface area contributed by atoms with Gasteiger partial charge in [-0.1, -0.05) is 22.0 Å². The number of aliphatic hydroxyl groups excluding tert-OH is 1. The molecule has 0 aliphatic carbocycles. The van der Waals surface area contributed by atoms with Crippen molar-refractivity contribution in [1.82, 2.24) is 5.32 Å². The molecule has 0 aliphatic heterocycles. The smallest absolute Gasteiger partial charge is 0.120 e. The lowest BCUT2D eigenvalue weighted by Crippen LogP contribution is -2.31. The van der Waals surface area contributed by atoms with E-state index in [2.05, 4.69) is 28.2 Å². The molecule has 1 aromatic carbocycles. The van der Waals surface area contributed by atoms with E-state index in [0.717, 1.165) is 15.8 Å². The van der Waals surface area contributed by atoms with Gasteiger partial charge in [-0.3, -0.25) is 0 Å². The highest BCUT2D eigenvalue weighted by Gasteiger charge is 2.12. The molecule has 0 unspecified atom stereocenters. The Morgan fingerprint density at radius 3 is 2.62 bits per heavy atom. The molecule has 0 spiro atoms. The van der Waals surface area contributed by atoms with Crippen molar-refractivity contribution in [2.75, 3.05) is 13.7 Å². The summed E-state index contributed by atoms with van der Waals surface area (Å²) < 4.78 is 6.15. The summed E-state index contributed by atoms with van der Waals surface area (Å²) in [6.45, 7) is 4.16. The molecule has 0 radical (unpaired) electrons. The maximum Gasteiger partial charge on any atom is 0.120 e. The quantitative estimate of drug-likeness (QED) is 0.874. The van der Waals surface area contributed by atoms with Crippen LogP contribution in [0.4, 0.5) is 0 Å². The largest absolute Gasteiger partial charge is 0.497 e. The molecular weight excluding hydrogens is 270 g/mol. The van der Waals surface area contributed by atoms with Crippen molar-refractivity contribution in [3.8, 4) is 5.75 Å². The summed E-state index contributed by atoms with van der Waals surface area (Å²) in [7, 11) is 1.65. The van der Waals surface area contributed by atoms with Crippen molar-refractivity contribution in [2.24, 2.45) is 0 Å². The Labute approximate surface area is 105 Å². The first-order valence-corrected chi connectivity index (χ1v) is 6.08. The van der Waals surface area contributed by atoms with Gasteiger partial charge in [0.2, 0.25) is 0 Å². The summed E-state index contributed by atoms with van der Waals surface area (Å²) >= 11 is 3.52. The monoisotopic (exact) mass is 287 g/mol. The molecule has 1 rings (SSSR count). The summed E-state index contributed by atoms with van der Waals surface area (Å²) in [6.07, 6.45) is 0. The lowest BCUT2D eigenvalue weighted by atomic mass is 10.1. The van der Waals surface area contributed by atoms with E-state index >= 15 is 0 Å². The van der Waals surface area contributed by atoms with E-state index in [9.17, 15) is 0 Å². The zero-order chi connectivity index (χ0) is 12.1. The molecule has 2 atom stereocenters. The second-order valence-electron chi connectivity index (χ2n) is 3.86. The van der Waals surface area contributed by atoms with E-state index < -0.39 is 0 Å². The molecule has 16 heavy (non-hydrogen) atoms. The average Bonchev–Trinajstić information content (AvgIpc) is 2.28. The lowest BCUT2D eigenvalue weighted by molar-refractivity contribution is 0.243. The standard InChI is InChI=1S/C12H18BrNO2/c1-8(7-15)14-9(2)11-5-4-10(16-3)6-12(11)13/h4-6,8-9,14-15H,7H2,1-3H3/t8-,9+/m0/s1. The highest BCUT2D eigenvalue weighted by atomic mass is 79.9. The molecule has 0 bridgehead atoms. The van der Waals surface area contributed by atoms with Crippen LogP contribution in [0, 0.1) is 0 Å². The Hall–Kier alpha value is -0.580. The van der Waals surface area contributed by atoms with Crippen molar-refractivity contribution in [2.45, 2.75) is 25.9 Å². The van der Waals surface area contributed by atoms with Crippen LogP contribution in [0.15, 0.2) is 22.7 Å². The van der Waals surface area contributed by atoms with Gasteiger partial charge in [0, 0.05) is 16.6 Å². The van der Waals surface area contributed by atoms with Crippen LogP contribution in [0.1, 0.15) is 25.5 Å². The summed E-state index contributed by atoms with van der Waals surface area (Å²) in [5.41, 5.74) is 1.15. The number of halogens is 1. The second-order valence-corrected chi connectivity index (χ2v) is 4.71. The van der Waals surface area contributed by atoms with Crippen LogP contribution in [0.2, 0.25) is 0 Å². The topological polar surface area (TPSA) is 41.5 Å². The Morgan fingerprint density at radius 2 is 2.12 bits per heavy atom. The molecule has 0 fully saturated rings. The number of nitrogens with one attached hydrogen (secondary N) is 1. The van der Waals surface area contributed by atoms with Crippen LogP contribution in [0.3, 0.4) is 0 Å². The van der Waals surface area contributed by atoms with E-state index in [1.54, 1.807) is 7.11 Å². The van der Waals surface area contributed by atoms with E-state index in [1.807, 2.05) is 25.1 Å². The first-order valence-electron chi connectivity index (χ1n) is 5.28. The molecule has 0 heterocycles. The van der Waals surface area contributed by atoms with Gasteiger partial charge in [-0.05, 0) is 31.5 Å². The molecule has 90 valence electrons. The average molecular weight is 288 g/mol. The van der Waals surface area contributed by atoms with Gasteiger partial charge < -0.3 is 15.2 Å². The predicted octanol–water partition coefficient (Wildman–Crippen LogP) is 2.49. The van der Waals surface area contributed by atoms with E-state index in [4.69, 9.17) is 9.84 Å². The van der Waals surface area contributed by atoms with E-state index in [1.165, 1.54) is 0 Å². The molecule has 0 saturated heterocycles. The molecule has 4 heteroatoms. The Kier molecular flexibility index (Phi) is 5.25. The number of rotatable bonds is 5. The molecule has 1 aromatic rings. The van der Waals surface area contributed by atoms with Crippen molar-refractivity contribution in [1.29, 1.82) is 0 Å². The maximum absolute atomic E-state index is 8.99. The first-order chi connectivity index (χ1) is 7.58. The van der Waals surface area contributed by atoms with Crippen molar-refractivity contribution >= 4 is 15.9 Å². The number of aliphatic hydroxyl groups is 1. The summed E-state index contributed by atoms with van der Waals surface area (Å²) in [6, 6.07) is 6.16. The third-order valence-electron chi connectivity index (χ3n) is 2.48. The Morgan fingerprint density at radius 1 is 1.44 bits per heavy atom. The zero-order valence-electron chi connectivity index (χ0n) is 9.83. The summed E-state index contributed by atoms with van der Waals surface area (Å²) in [4.78, 5) is 0. The van der Waals surface area contributed by atoms with Crippen LogP contribution < -0.4 is 10.1 Å². The molecule has 0 aromatic heterocycles.